The molecule has 1 fully saturated rings. The fraction of sp³-hybridized carbons (Fsp3) is 0.222. The molecule has 1 aromatic carbocycles. The van der Waals surface area contributed by atoms with Crippen molar-refractivity contribution in [3.05, 3.63) is 68.5 Å². The number of hydrogen-bond donors (Lipinski definition) is 0. The van der Waals surface area contributed by atoms with E-state index in [2.05, 4.69) is 10.1 Å². The van der Waals surface area contributed by atoms with Crippen LogP contribution in [0.1, 0.15) is 24.8 Å². The molecule has 0 atom stereocenters. The fourth-order valence-electron chi connectivity index (χ4n) is 3.11. The average Bonchev–Trinajstić information content (AvgIpc) is 3.14. The number of nitrogens with zero attached hydrogens (tertiary/aromatic N) is 4. The normalized spacial score (nSPS) is 14.2. The second kappa shape index (κ2) is 5.77. The monoisotopic (exact) mass is 366 g/mol. The van der Waals surface area contributed by atoms with Crippen LogP contribution in [-0.2, 0) is 6.54 Å². The van der Waals surface area contributed by atoms with E-state index in [1.54, 1.807) is 22.8 Å². The van der Waals surface area contributed by atoms with Crippen LogP contribution in [-0.4, -0.2) is 19.3 Å². The first kappa shape index (κ1) is 15.3. The van der Waals surface area contributed by atoms with E-state index in [1.807, 2.05) is 23.6 Å². The van der Waals surface area contributed by atoms with Crippen molar-refractivity contribution < 1.29 is 4.52 Å². The smallest absolute Gasteiger partial charge is 0.332 e. The topological polar surface area (TPSA) is 82.9 Å². The summed E-state index contributed by atoms with van der Waals surface area (Å²) in [5.74, 6) is 0.838. The van der Waals surface area contributed by atoms with E-state index >= 15 is 0 Å². The maximum Gasteiger partial charge on any atom is 0.332 e. The van der Waals surface area contributed by atoms with Crippen LogP contribution < -0.4 is 11.2 Å². The van der Waals surface area contributed by atoms with Crippen LogP contribution in [0.3, 0.4) is 0 Å². The Kier molecular flexibility index (Phi) is 3.39. The van der Waals surface area contributed by atoms with Gasteiger partial charge in [0.05, 0.1) is 15.8 Å². The van der Waals surface area contributed by atoms with Gasteiger partial charge in [-0.2, -0.15) is 4.98 Å². The van der Waals surface area contributed by atoms with E-state index in [-0.39, 0.29) is 23.8 Å². The maximum absolute atomic E-state index is 13.0. The minimum atomic E-state index is -0.327. The first-order valence-corrected chi connectivity index (χ1v) is 9.21. The predicted octanol–water partition coefficient (Wildman–Crippen LogP) is 2.66. The highest BCUT2D eigenvalue weighted by molar-refractivity contribution is 7.13. The van der Waals surface area contributed by atoms with Crippen molar-refractivity contribution in [1.82, 2.24) is 19.3 Å². The molecule has 0 radical (unpaired) electrons. The Morgan fingerprint density at radius 1 is 1.15 bits per heavy atom. The molecule has 0 aliphatic heterocycles. The molecule has 0 spiro atoms. The van der Waals surface area contributed by atoms with Crippen molar-refractivity contribution in [3.8, 4) is 10.7 Å². The summed E-state index contributed by atoms with van der Waals surface area (Å²) in [5, 5.41) is 6.46. The minimum absolute atomic E-state index is 0.00442. The molecule has 0 unspecified atom stereocenters. The summed E-state index contributed by atoms with van der Waals surface area (Å²) in [4.78, 5) is 31.0. The van der Waals surface area contributed by atoms with Gasteiger partial charge in [-0.15, -0.1) is 11.3 Å². The SMILES string of the molecule is O=c1c2ccccc2n(Cc2nc(-c3cccs3)no2)c(=O)n1C1CC1. The lowest BCUT2D eigenvalue weighted by Gasteiger charge is -2.12. The molecule has 7 nitrogen and oxygen atoms in total. The first-order valence-electron chi connectivity index (χ1n) is 8.33. The summed E-state index contributed by atoms with van der Waals surface area (Å²) in [6, 6.07) is 11.0. The summed E-state index contributed by atoms with van der Waals surface area (Å²) in [7, 11) is 0. The Bertz CT molecular complexity index is 1220. The third-order valence-corrected chi connectivity index (χ3v) is 5.36. The summed E-state index contributed by atoms with van der Waals surface area (Å²) in [6.07, 6.45) is 1.72. The van der Waals surface area contributed by atoms with E-state index in [9.17, 15) is 9.59 Å². The lowest BCUT2D eigenvalue weighted by Crippen LogP contribution is -2.39. The molecule has 130 valence electrons. The third kappa shape index (κ3) is 2.41. The van der Waals surface area contributed by atoms with Gasteiger partial charge in [0.1, 0.15) is 6.54 Å². The van der Waals surface area contributed by atoms with Gasteiger partial charge in [-0.3, -0.25) is 13.9 Å². The molecular weight excluding hydrogens is 352 g/mol. The van der Waals surface area contributed by atoms with Crippen LogP contribution >= 0.6 is 11.3 Å². The highest BCUT2D eigenvalue weighted by atomic mass is 32.1. The van der Waals surface area contributed by atoms with E-state index in [0.717, 1.165) is 17.7 Å². The van der Waals surface area contributed by atoms with Crippen LogP contribution in [0.2, 0.25) is 0 Å². The van der Waals surface area contributed by atoms with Crippen LogP contribution in [0.4, 0.5) is 0 Å². The molecule has 1 saturated carbocycles. The highest BCUT2D eigenvalue weighted by Crippen LogP contribution is 2.32. The third-order valence-electron chi connectivity index (χ3n) is 4.50. The molecule has 0 bridgehead atoms. The van der Waals surface area contributed by atoms with Crippen molar-refractivity contribution >= 4 is 22.2 Å². The Morgan fingerprint density at radius 3 is 2.77 bits per heavy atom. The van der Waals surface area contributed by atoms with Crippen LogP contribution in [0.15, 0.2) is 55.9 Å². The summed E-state index contributed by atoms with van der Waals surface area (Å²) in [6.45, 7) is 0.130. The van der Waals surface area contributed by atoms with Gasteiger partial charge in [0.15, 0.2) is 0 Å². The number of hydrogen-bond acceptors (Lipinski definition) is 6. The lowest BCUT2D eigenvalue weighted by molar-refractivity contribution is 0.369. The van der Waals surface area contributed by atoms with Gasteiger partial charge >= 0.3 is 5.69 Å². The van der Waals surface area contributed by atoms with E-state index in [0.29, 0.717) is 22.6 Å². The van der Waals surface area contributed by atoms with Gasteiger partial charge < -0.3 is 4.52 Å². The average molecular weight is 366 g/mol. The molecule has 0 saturated heterocycles. The molecular formula is C18H14N4O3S. The Hall–Kier alpha value is -3.00. The Morgan fingerprint density at radius 2 is 2.00 bits per heavy atom. The minimum Gasteiger partial charge on any atom is -0.337 e. The molecule has 1 aliphatic carbocycles. The number of benzene rings is 1. The van der Waals surface area contributed by atoms with E-state index < -0.39 is 0 Å². The first-order chi connectivity index (χ1) is 12.7. The standard InChI is InChI=1S/C18H14N4O3S/c23-17-12-4-1-2-5-13(12)21(18(24)22(17)11-7-8-11)10-15-19-16(20-25-15)14-6-3-9-26-14/h1-6,9,11H,7-8,10H2. The lowest BCUT2D eigenvalue weighted by atomic mass is 10.2. The summed E-state index contributed by atoms with van der Waals surface area (Å²) in [5.41, 5.74) is 0.0245. The van der Waals surface area contributed by atoms with Crippen molar-refractivity contribution in [1.29, 1.82) is 0 Å². The van der Waals surface area contributed by atoms with Gasteiger partial charge in [0, 0.05) is 6.04 Å². The van der Waals surface area contributed by atoms with Gasteiger partial charge in [-0.25, -0.2) is 4.79 Å². The zero-order valence-electron chi connectivity index (χ0n) is 13.7. The molecule has 5 rings (SSSR count). The molecule has 1 aliphatic rings. The van der Waals surface area contributed by atoms with Gasteiger partial charge in [-0.05, 0) is 36.4 Å². The van der Waals surface area contributed by atoms with Gasteiger partial charge in [0.2, 0.25) is 11.7 Å². The molecule has 4 aromatic rings. The van der Waals surface area contributed by atoms with Crippen molar-refractivity contribution in [2.24, 2.45) is 0 Å². The number of fused-ring (bicyclic) bond motifs is 1. The maximum atomic E-state index is 13.0. The molecule has 3 aromatic heterocycles. The van der Waals surface area contributed by atoms with Crippen molar-refractivity contribution in [2.45, 2.75) is 25.4 Å². The number of thiophene rings is 1. The molecule has 0 amide bonds. The quantitative estimate of drug-likeness (QED) is 0.554. The fourth-order valence-corrected chi connectivity index (χ4v) is 3.76. The Labute approximate surface area is 151 Å². The predicted molar refractivity (Wildman–Crippen MR) is 97.5 cm³/mol. The zero-order valence-corrected chi connectivity index (χ0v) is 14.5. The molecule has 0 N–H and O–H groups in total. The highest BCUT2D eigenvalue weighted by Gasteiger charge is 2.29. The van der Waals surface area contributed by atoms with Crippen LogP contribution in [0.25, 0.3) is 21.6 Å². The van der Waals surface area contributed by atoms with Crippen molar-refractivity contribution in [2.75, 3.05) is 0 Å². The summed E-state index contributed by atoms with van der Waals surface area (Å²) < 4.78 is 8.24. The second-order valence-electron chi connectivity index (χ2n) is 6.28. The summed E-state index contributed by atoms with van der Waals surface area (Å²) >= 11 is 1.52. The zero-order chi connectivity index (χ0) is 17.7. The van der Waals surface area contributed by atoms with Crippen molar-refractivity contribution in [3.63, 3.8) is 0 Å². The number of rotatable bonds is 4. The molecule has 3 heterocycles. The Balaban J connectivity index is 1.65. The largest absolute Gasteiger partial charge is 0.337 e. The number of para-hydroxylation sites is 1. The number of aromatic nitrogens is 4. The van der Waals surface area contributed by atoms with E-state index in [4.69, 9.17) is 4.52 Å². The van der Waals surface area contributed by atoms with Gasteiger partial charge in [0.25, 0.3) is 5.56 Å². The van der Waals surface area contributed by atoms with E-state index in [1.165, 1.54) is 15.9 Å². The molecule has 26 heavy (non-hydrogen) atoms. The molecule has 8 heteroatoms. The van der Waals surface area contributed by atoms with Crippen LogP contribution in [0.5, 0.6) is 0 Å². The van der Waals surface area contributed by atoms with Crippen LogP contribution in [0, 0.1) is 0 Å². The van der Waals surface area contributed by atoms with Gasteiger partial charge in [-0.1, -0.05) is 23.4 Å². The second-order valence-corrected chi connectivity index (χ2v) is 7.23.